The number of esters is 1. The molecule has 1 aliphatic heterocycles. The van der Waals surface area contributed by atoms with Gasteiger partial charge in [0.25, 0.3) is 5.91 Å². The number of β-amino-alcohol motifs (C(OH)–C–C–N with tert-alkyl or cyclic N) is 1. The first-order valence-electron chi connectivity index (χ1n) is 6.41. The van der Waals surface area contributed by atoms with Crippen molar-refractivity contribution in [3.8, 4) is 0 Å². The molecule has 8 heteroatoms. The zero-order valence-electron chi connectivity index (χ0n) is 11.7. The highest BCUT2D eigenvalue weighted by atomic mass is 79.9. The lowest BCUT2D eigenvalue weighted by atomic mass is 10.2. The van der Waals surface area contributed by atoms with Crippen molar-refractivity contribution in [2.24, 2.45) is 0 Å². The average Bonchev–Trinajstić information content (AvgIpc) is 2.80. The Labute approximate surface area is 144 Å². The van der Waals surface area contributed by atoms with Crippen LogP contribution in [0.1, 0.15) is 0 Å². The van der Waals surface area contributed by atoms with Crippen LogP contribution in [0.2, 0.25) is 0 Å². The lowest BCUT2D eigenvalue weighted by Crippen LogP contribution is -2.31. The molecule has 0 aliphatic carbocycles. The molecule has 0 atom stereocenters. The molecule has 0 saturated carbocycles. The summed E-state index contributed by atoms with van der Waals surface area (Å²) < 4.78 is 6.31. The number of benzene rings is 1. The molecule has 2 N–H and O–H groups in total. The maximum absolute atomic E-state index is 12.4. The van der Waals surface area contributed by atoms with Gasteiger partial charge in [-0.3, -0.25) is 4.79 Å². The number of nitrogens with one attached hydrogen (secondary N) is 1. The Morgan fingerprint density at radius 2 is 2.18 bits per heavy atom. The summed E-state index contributed by atoms with van der Waals surface area (Å²) in [6.07, 6.45) is 0. The lowest BCUT2D eigenvalue weighted by molar-refractivity contribution is -0.136. The summed E-state index contributed by atoms with van der Waals surface area (Å²) in [5.74, 6) is -0.913. The van der Waals surface area contributed by atoms with Crippen molar-refractivity contribution in [2.75, 3.05) is 32.1 Å². The number of hydrogen-bond donors (Lipinski definition) is 2. The zero-order chi connectivity index (χ0) is 16.3. The second-order valence-electron chi connectivity index (χ2n) is 4.54. The Balaban J connectivity index is 2.36. The van der Waals surface area contributed by atoms with E-state index in [4.69, 9.17) is 9.84 Å². The van der Waals surface area contributed by atoms with E-state index >= 15 is 0 Å². The van der Waals surface area contributed by atoms with Crippen molar-refractivity contribution in [1.29, 1.82) is 0 Å². The standard InChI is InChI=1S/C14H14Br2N2O4/c1-22-14(21)9-7-18(4-5-19)13(20)12(9)17-11-6-8(15)2-3-10(11)16/h2-3,6,17,19H,4-5,7H2,1H3. The van der Waals surface area contributed by atoms with E-state index in [0.717, 1.165) is 8.95 Å². The van der Waals surface area contributed by atoms with Crippen LogP contribution in [0.25, 0.3) is 0 Å². The highest BCUT2D eigenvalue weighted by molar-refractivity contribution is 9.11. The van der Waals surface area contributed by atoms with Crippen molar-refractivity contribution >= 4 is 49.4 Å². The first-order valence-corrected chi connectivity index (χ1v) is 8.00. The Hall–Kier alpha value is -1.38. The molecule has 0 fully saturated rings. The summed E-state index contributed by atoms with van der Waals surface area (Å²) >= 11 is 6.75. The third-order valence-corrected chi connectivity index (χ3v) is 4.33. The molecule has 6 nitrogen and oxygen atoms in total. The molecule has 22 heavy (non-hydrogen) atoms. The van der Waals surface area contributed by atoms with Crippen LogP contribution < -0.4 is 5.32 Å². The summed E-state index contributed by atoms with van der Waals surface area (Å²) in [5.41, 5.74) is 1.05. The number of amides is 1. The van der Waals surface area contributed by atoms with Crippen LogP contribution in [0, 0.1) is 0 Å². The number of hydrogen-bond acceptors (Lipinski definition) is 5. The van der Waals surface area contributed by atoms with Gasteiger partial charge in [0.05, 0.1) is 31.5 Å². The summed E-state index contributed by atoms with van der Waals surface area (Å²) in [6, 6.07) is 5.45. The van der Waals surface area contributed by atoms with Gasteiger partial charge in [-0.25, -0.2) is 4.79 Å². The van der Waals surface area contributed by atoms with E-state index < -0.39 is 5.97 Å². The van der Waals surface area contributed by atoms with E-state index in [1.165, 1.54) is 12.0 Å². The molecule has 1 amide bonds. The molecule has 118 valence electrons. The number of rotatable bonds is 5. The predicted molar refractivity (Wildman–Crippen MR) is 88.2 cm³/mol. The van der Waals surface area contributed by atoms with E-state index in [9.17, 15) is 9.59 Å². The van der Waals surface area contributed by atoms with Gasteiger partial charge in [0.2, 0.25) is 0 Å². The van der Waals surface area contributed by atoms with E-state index in [1.54, 1.807) is 6.07 Å². The average molecular weight is 434 g/mol. The fourth-order valence-corrected chi connectivity index (χ4v) is 2.78. The Morgan fingerprint density at radius 3 is 2.82 bits per heavy atom. The third-order valence-electron chi connectivity index (χ3n) is 3.14. The molecule has 0 aromatic heterocycles. The van der Waals surface area contributed by atoms with Gasteiger partial charge in [-0.05, 0) is 34.1 Å². The quantitative estimate of drug-likeness (QED) is 0.693. The van der Waals surface area contributed by atoms with Crippen molar-refractivity contribution < 1.29 is 19.4 Å². The summed E-state index contributed by atoms with van der Waals surface area (Å²) in [6.45, 7) is 0.0955. The maximum atomic E-state index is 12.4. The van der Waals surface area contributed by atoms with Crippen LogP contribution in [0.4, 0.5) is 5.69 Å². The molecular formula is C14H14Br2N2O4. The molecule has 1 aromatic carbocycles. The summed E-state index contributed by atoms with van der Waals surface area (Å²) in [7, 11) is 1.27. The van der Waals surface area contributed by atoms with Crippen molar-refractivity contribution in [2.45, 2.75) is 0 Å². The molecule has 1 aliphatic rings. The monoisotopic (exact) mass is 432 g/mol. The fraction of sp³-hybridized carbons (Fsp3) is 0.286. The molecule has 0 spiro atoms. The first kappa shape index (κ1) is 17.0. The van der Waals surface area contributed by atoms with Crippen LogP contribution >= 0.6 is 31.9 Å². The Morgan fingerprint density at radius 1 is 1.45 bits per heavy atom. The van der Waals surface area contributed by atoms with Crippen LogP contribution in [-0.2, 0) is 14.3 Å². The van der Waals surface area contributed by atoms with Gasteiger partial charge >= 0.3 is 5.97 Å². The summed E-state index contributed by atoms with van der Waals surface area (Å²) in [5, 5.41) is 12.0. The minimum absolute atomic E-state index is 0.111. The molecule has 0 saturated heterocycles. The number of aliphatic hydroxyl groups is 1. The first-order chi connectivity index (χ1) is 10.5. The molecule has 0 unspecified atom stereocenters. The van der Waals surface area contributed by atoms with Crippen LogP contribution in [0.5, 0.6) is 0 Å². The molecule has 0 radical (unpaired) electrons. The van der Waals surface area contributed by atoms with Crippen LogP contribution in [-0.4, -0.2) is 48.7 Å². The van der Waals surface area contributed by atoms with Crippen molar-refractivity contribution in [3.63, 3.8) is 0 Å². The van der Waals surface area contributed by atoms with Gasteiger partial charge in [-0.1, -0.05) is 15.9 Å². The normalized spacial score (nSPS) is 14.5. The Bertz CT molecular complexity index is 646. The molecule has 1 aromatic rings. The SMILES string of the molecule is COC(=O)C1=C(Nc2cc(Br)ccc2Br)C(=O)N(CCO)C1. The summed E-state index contributed by atoms with van der Waals surface area (Å²) in [4.78, 5) is 25.7. The Kier molecular flexibility index (Phi) is 5.60. The minimum Gasteiger partial charge on any atom is -0.466 e. The van der Waals surface area contributed by atoms with E-state index in [0.29, 0.717) is 5.69 Å². The smallest absolute Gasteiger partial charge is 0.337 e. The number of ether oxygens (including phenoxy) is 1. The number of aliphatic hydroxyl groups excluding tert-OH is 1. The lowest BCUT2D eigenvalue weighted by Gasteiger charge is -2.15. The van der Waals surface area contributed by atoms with Gasteiger partial charge in [0.15, 0.2) is 0 Å². The number of anilines is 1. The van der Waals surface area contributed by atoms with Crippen LogP contribution in [0.3, 0.4) is 0 Å². The second kappa shape index (κ2) is 7.26. The third kappa shape index (κ3) is 3.50. The number of halogens is 2. The largest absolute Gasteiger partial charge is 0.466 e. The van der Waals surface area contributed by atoms with Gasteiger partial charge < -0.3 is 20.1 Å². The topological polar surface area (TPSA) is 78.9 Å². The molecule has 2 rings (SSSR count). The van der Waals surface area contributed by atoms with Gasteiger partial charge in [-0.15, -0.1) is 0 Å². The highest BCUT2D eigenvalue weighted by Crippen LogP contribution is 2.30. The predicted octanol–water partition coefficient (Wildman–Crippen LogP) is 1.89. The number of carbonyl (C=O) groups excluding carboxylic acids is 2. The zero-order valence-corrected chi connectivity index (χ0v) is 14.9. The van der Waals surface area contributed by atoms with Crippen LogP contribution in [0.15, 0.2) is 38.4 Å². The van der Waals surface area contributed by atoms with E-state index in [1.807, 2.05) is 12.1 Å². The minimum atomic E-state index is -0.567. The van der Waals surface area contributed by atoms with Gasteiger partial charge in [0.1, 0.15) is 5.70 Å². The maximum Gasteiger partial charge on any atom is 0.337 e. The molecule has 0 bridgehead atoms. The number of methoxy groups -OCH3 is 1. The molecule has 1 heterocycles. The number of nitrogens with zero attached hydrogens (tertiary/aromatic N) is 1. The van der Waals surface area contributed by atoms with Crippen molar-refractivity contribution in [3.05, 3.63) is 38.4 Å². The number of carbonyl (C=O) groups is 2. The van der Waals surface area contributed by atoms with Gasteiger partial charge in [0, 0.05) is 15.5 Å². The fourth-order valence-electron chi connectivity index (χ4n) is 2.08. The van der Waals surface area contributed by atoms with Gasteiger partial charge in [-0.2, -0.15) is 0 Å². The van der Waals surface area contributed by atoms with Crippen molar-refractivity contribution in [1.82, 2.24) is 4.90 Å². The van der Waals surface area contributed by atoms with E-state index in [-0.39, 0.29) is 36.9 Å². The van der Waals surface area contributed by atoms with E-state index in [2.05, 4.69) is 37.2 Å². The molecular weight excluding hydrogens is 420 g/mol. The highest BCUT2D eigenvalue weighted by Gasteiger charge is 2.34. The second-order valence-corrected chi connectivity index (χ2v) is 6.31.